The first-order chi connectivity index (χ1) is 10.6. The second-order valence-corrected chi connectivity index (χ2v) is 5.60. The van der Waals surface area contributed by atoms with Crippen molar-refractivity contribution in [3.63, 3.8) is 0 Å². The molecule has 0 fully saturated rings. The first-order valence-corrected chi connectivity index (χ1v) is 7.92. The lowest BCUT2D eigenvalue weighted by Gasteiger charge is -2.20. The molecule has 0 spiro atoms. The zero-order valence-electron chi connectivity index (χ0n) is 13.0. The number of unbranched alkanes of at least 4 members (excludes halogenated alkanes) is 1. The summed E-state index contributed by atoms with van der Waals surface area (Å²) in [6.07, 6.45) is 2.48. The SMILES string of the molecule is CCNC(CCCCC(N)N)C(=O)C1Nc2ccccc2O1. The van der Waals surface area contributed by atoms with E-state index >= 15 is 0 Å². The van der Waals surface area contributed by atoms with Crippen LogP contribution < -0.4 is 26.8 Å². The number of benzene rings is 1. The molecule has 1 heterocycles. The average Bonchev–Trinajstić information content (AvgIpc) is 2.93. The van der Waals surface area contributed by atoms with Gasteiger partial charge >= 0.3 is 0 Å². The number of carbonyl (C=O) groups is 1. The maximum absolute atomic E-state index is 12.6. The number of anilines is 1. The standard InChI is InChI=1S/C16H26N4O2/c1-2-19-12(8-4-6-10-14(17)18)15(21)16-20-11-7-3-5-9-13(11)22-16/h3,5,7,9,12,14,16,19-20H,2,4,6,8,10,17-18H2,1H3. The van der Waals surface area contributed by atoms with Gasteiger partial charge in [-0.2, -0.15) is 0 Å². The molecule has 1 aromatic carbocycles. The topological polar surface area (TPSA) is 102 Å². The molecule has 22 heavy (non-hydrogen) atoms. The van der Waals surface area contributed by atoms with Crippen LogP contribution in [0.4, 0.5) is 5.69 Å². The Bertz CT molecular complexity index is 468. The van der Waals surface area contributed by atoms with E-state index in [0.717, 1.165) is 43.7 Å². The van der Waals surface area contributed by atoms with Gasteiger partial charge in [0.15, 0.2) is 0 Å². The number of ether oxygens (including phenoxy) is 1. The number of nitrogens with one attached hydrogen (secondary N) is 2. The number of nitrogens with two attached hydrogens (primary N) is 2. The zero-order chi connectivity index (χ0) is 15.9. The van der Waals surface area contributed by atoms with Crippen LogP contribution in [0.25, 0.3) is 0 Å². The zero-order valence-corrected chi connectivity index (χ0v) is 13.0. The molecular formula is C16H26N4O2. The van der Waals surface area contributed by atoms with Crippen molar-refractivity contribution in [2.24, 2.45) is 11.5 Å². The maximum atomic E-state index is 12.6. The quantitative estimate of drug-likeness (QED) is 0.403. The van der Waals surface area contributed by atoms with Gasteiger partial charge in [-0.15, -0.1) is 0 Å². The Hall–Kier alpha value is -1.63. The van der Waals surface area contributed by atoms with E-state index in [1.165, 1.54) is 0 Å². The molecule has 2 atom stereocenters. The van der Waals surface area contributed by atoms with Gasteiger partial charge in [0.1, 0.15) is 5.75 Å². The van der Waals surface area contributed by atoms with Crippen molar-refractivity contribution in [2.75, 3.05) is 11.9 Å². The summed E-state index contributed by atoms with van der Waals surface area (Å²) >= 11 is 0. The van der Waals surface area contributed by atoms with Crippen molar-refractivity contribution in [3.8, 4) is 5.75 Å². The molecular weight excluding hydrogens is 280 g/mol. The summed E-state index contributed by atoms with van der Waals surface area (Å²) in [6.45, 7) is 2.74. The number of hydrogen-bond donors (Lipinski definition) is 4. The number of carbonyl (C=O) groups excluding carboxylic acids is 1. The highest BCUT2D eigenvalue weighted by atomic mass is 16.5. The molecule has 0 aliphatic carbocycles. The third-order valence-corrected chi connectivity index (χ3v) is 3.75. The lowest BCUT2D eigenvalue weighted by atomic mass is 10.0. The van der Waals surface area contributed by atoms with E-state index < -0.39 is 6.23 Å². The first kappa shape index (κ1) is 16.7. The Balaban J connectivity index is 1.87. The molecule has 6 nitrogen and oxygen atoms in total. The minimum Gasteiger partial charge on any atom is -0.461 e. The van der Waals surface area contributed by atoms with Crippen molar-refractivity contribution in [2.45, 2.75) is 51.0 Å². The molecule has 1 aromatic rings. The van der Waals surface area contributed by atoms with Crippen LogP contribution >= 0.6 is 0 Å². The van der Waals surface area contributed by atoms with Crippen LogP contribution in [-0.4, -0.2) is 30.8 Å². The van der Waals surface area contributed by atoms with Gasteiger partial charge in [0, 0.05) is 0 Å². The lowest BCUT2D eigenvalue weighted by Crippen LogP contribution is -2.46. The van der Waals surface area contributed by atoms with E-state index in [-0.39, 0.29) is 18.0 Å². The highest BCUT2D eigenvalue weighted by Gasteiger charge is 2.32. The molecule has 0 radical (unpaired) electrons. The van der Waals surface area contributed by atoms with Crippen molar-refractivity contribution in [1.82, 2.24) is 5.32 Å². The van der Waals surface area contributed by atoms with Crippen molar-refractivity contribution in [3.05, 3.63) is 24.3 Å². The number of likely N-dealkylation sites (N-methyl/N-ethyl adjacent to an activating group) is 1. The Morgan fingerprint density at radius 1 is 1.32 bits per heavy atom. The van der Waals surface area contributed by atoms with Gasteiger partial charge in [-0.25, -0.2) is 0 Å². The molecule has 122 valence electrons. The molecule has 2 unspecified atom stereocenters. The van der Waals surface area contributed by atoms with Gasteiger partial charge in [-0.3, -0.25) is 4.79 Å². The highest BCUT2D eigenvalue weighted by molar-refractivity contribution is 5.92. The van der Waals surface area contributed by atoms with Crippen LogP contribution in [0.1, 0.15) is 32.6 Å². The summed E-state index contributed by atoms with van der Waals surface area (Å²) < 4.78 is 5.70. The van der Waals surface area contributed by atoms with Crippen LogP contribution in [0.15, 0.2) is 24.3 Å². The molecule has 6 heteroatoms. The van der Waals surface area contributed by atoms with E-state index in [2.05, 4.69) is 10.6 Å². The van der Waals surface area contributed by atoms with Crippen LogP contribution in [0.5, 0.6) is 5.75 Å². The number of fused-ring (bicyclic) bond motifs is 1. The first-order valence-electron chi connectivity index (χ1n) is 7.92. The Kier molecular flexibility index (Phi) is 6.18. The van der Waals surface area contributed by atoms with E-state index in [1.54, 1.807) is 0 Å². The molecule has 0 saturated carbocycles. The van der Waals surface area contributed by atoms with Crippen molar-refractivity contribution >= 4 is 11.5 Å². The molecule has 1 aliphatic rings. The van der Waals surface area contributed by atoms with Crippen LogP contribution in [-0.2, 0) is 4.79 Å². The fourth-order valence-electron chi connectivity index (χ4n) is 2.62. The van der Waals surface area contributed by atoms with E-state index in [9.17, 15) is 4.79 Å². The van der Waals surface area contributed by atoms with Gasteiger partial charge in [-0.05, 0) is 31.5 Å². The second kappa shape index (κ2) is 8.12. The lowest BCUT2D eigenvalue weighted by molar-refractivity contribution is -0.126. The van der Waals surface area contributed by atoms with Gasteiger partial charge in [0.05, 0.1) is 17.9 Å². The molecule has 1 aliphatic heterocycles. The molecule has 0 bridgehead atoms. The molecule has 0 aromatic heterocycles. The fraction of sp³-hybridized carbons (Fsp3) is 0.562. The van der Waals surface area contributed by atoms with Crippen LogP contribution in [0.3, 0.4) is 0 Å². The number of ketones is 1. The van der Waals surface area contributed by atoms with Crippen LogP contribution in [0.2, 0.25) is 0 Å². The Morgan fingerprint density at radius 3 is 2.73 bits per heavy atom. The number of rotatable bonds is 9. The second-order valence-electron chi connectivity index (χ2n) is 5.60. The minimum absolute atomic E-state index is 0.0371. The van der Waals surface area contributed by atoms with Gasteiger partial charge in [-0.1, -0.05) is 31.9 Å². The monoisotopic (exact) mass is 306 g/mol. The minimum atomic E-state index is -0.613. The van der Waals surface area contributed by atoms with Crippen LogP contribution in [0, 0.1) is 0 Å². The van der Waals surface area contributed by atoms with Gasteiger partial charge in [0.2, 0.25) is 12.0 Å². The normalized spacial score (nSPS) is 17.7. The van der Waals surface area contributed by atoms with Crippen molar-refractivity contribution in [1.29, 1.82) is 0 Å². The smallest absolute Gasteiger partial charge is 0.231 e. The highest BCUT2D eigenvalue weighted by Crippen LogP contribution is 2.31. The Labute approximate surface area is 131 Å². The summed E-state index contributed by atoms with van der Waals surface area (Å²) in [5, 5.41) is 6.37. The number of para-hydroxylation sites is 2. The molecule has 6 N–H and O–H groups in total. The average molecular weight is 306 g/mol. The Morgan fingerprint density at radius 2 is 2.05 bits per heavy atom. The molecule has 2 rings (SSSR count). The van der Waals surface area contributed by atoms with Gasteiger partial charge < -0.3 is 26.8 Å². The molecule has 0 amide bonds. The predicted molar refractivity (Wildman–Crippen MR) is 87.6 cm³/mol. The maximum Gasteiger partial charge on any atom is 0.231 e. The summed E-state index contributed by atoms with van der Waals surface area (Å²) in [7, 11) is 0. The predicted octanol–water partition coefficient (Wildman–Crippen LogP) is 1.17. The third kappa shape index (κ3) is 4.43. The third-order valence-electron chi connectivity index (χ3n) is 3.75. The summed E-state index contributed by atoms with van der Waals surface area (Å²) in [4.78, 5) is 12.6. The van der Waals surface area contributed by atoms with E-state index in [0.29, 0.717) is 0 Å². The fourth-order valence-corrected chi connectivity index (χ4v) is 2.62. The van der Waals surface area contributed by atoms with E-state index in [4.69, 9.17) is 16.2 Å². The summed E-state index contributed by atoms with van der Waals surface area (Å²) in [5.74, 6) is 0.764. The summed E-state index contributed by atoms with van der Waals surface area (Å²) in [6, 6.07) is 7.37. The largest absolute Gasteiger partial charge is 0.461 e. The van der Waals surface area contributed by atoms with Gasteiger partial charge in [0.25, 0.3) is 0 Å². The number of hydrogen-bond acceptors (Lipinski definition) is 6. The molecule has 0 saturated heterocycles. The van der Waals surface area contributed by atoms with E-state index in [1.807, 2.05) is 31.2 Å². The number of Topliss-reactive ketones (excluding diaryl/α,β-unsaturated/α-hetero) is 1. The van der Waals surface area contributed by atoms with Crippen molar-refractivity contribution < 1.29 is 9.53 Å². The summed E-state index contributed by atoms with van der Waals surface area (Å²) in [5.41, 5.74) is 11.9.